The number of rotatable bonds is 10. The Bertz CT molecular complexity index is 940. The smallest absolute Gasteiger partial charge is 0.229 e. The molecule has 0 unspecified atom stereocenters. The molecule has 4 rings (SSSR count). The summed E-state index contributed by atoms with van der Waals surface area (Å²) in [6, 6.07) is 9.71. The molecule has 1 aromatic carbocycles. The third kappa shape index (κ3) is 7.57. The minimum absolute atomic E-state index is 0.361. The molecule has 2 aliphatic heterocycles. The second-order valence-electron chi connectivity index (χ2n) is 9.70. The average Bonchev–Trinajstić information content (AvgIpc) is 2.90. The standard InChI is InChI=1S/C26H39ClN8S/c1-32(18-19-35(25(28)36)22-10-8-21(27)9-11-22)17-12-29-23-20-24(33-13-4-2-5-14-33)31-26(30-23)34-15-6-3-7-16-34/h8-11,20H,2-7,12-19H2,1H3,(H2,28,36)(H,29,30,31). The molecule has 0 radical (unpaired) electrons. The molecule has 36 heavy (non-hydrogen) atoms. The van der Waals surface area contributed by atoms with E-state index in [-0.39, 0.29) is 0 Å². The van der Waals surface area contributed by atoms with Crippen molar-refractivity contribution in [1.29, 1.82) is 0 Å². The van der Waals surface area contributed by atoms with E-state index in [2.05, 4.69) is 33.1 Å². The lowest BCUT2D eigenvalue weighted by Gasteiger charge is -2.31. The summed E-state index contributed by atoms with van der Waals surface area (Å²) in [5, 5.41) is 4.62. The van der Waals surface area contributed by atoms with E-state index >= 15 is 0 Å². The van der Waals surface area contributed by atoms with E-state index in [0.29, 0.717) is 16.7 Å². The minimum Gasteiger partial charge on any atom is -0.376 e. The van der Waals surface area contributed by atoms with Crippen LogP contribution >= 0.6 is 23.8 Å². The van der Waals surface area contributed by atoms with Gasteiger partial charge in [-0.25, -0.2) is 0 Å². The number of nitrogens with zero attached hydrogens (tertiary/aromatic N) is 6. The molecular weight excluding hydrogens is 492 g/mol. The maximum Gasteiger partial charge on any atom is 0.229 e. The molecule has 2 aromatic rings. The summed E-state index contributed by atoms with van der Waals surface area (Å²) < 4.78 is 0. The van der Waals surface area contributed by atoms with Crippen LogP contribution < -0.4 is 25.8 Å². The molecule has 0 atom stereocenters. The van der Waals surface area contributed by atoms with Crippen LogP contribution in [0.1, 0.15) is 38.5 Å². The summed E-state index contributed by atoms with van der Waals surface area (Å²) >= 11 is 11.3. The number of hydrogen-bond acceptors (Lipinski definition) is 7. The molecule has 8 nitrogen and oxygen atoms in total. The van der Waals surface area contributed by atoms with Gasteiger partial charge in [-0.3, -0.25) is 0 Å². The van der Waals surface area contributed by atoms with Crippen molar-refractivity contribution in [1.82, 2.24) is 14.9 Å². The first kappa shape index (κ1) is 26.7. The maximum absolute atomic E-state index is 6.03. The Morgan fingerprint density at radius 2 is 1.58 bits per heavy atom. The molecule has 0 bridgehead atoms. The van der Waals surface area contributed by atoms with Crippen molar-refractivity contribution in [2.45, 2.75) is 38.5 Å². The second kappa shape index (κ2) is 13.3. The van der Waals surface area contributed by atoms with E-state index in [1.165, 1.54) is 38.5 Å². The monoisotopic (exact) mass is 530 g/mol. The number of piperidine rings is 2. The molecule has 0 aliphatic carbocycles. The van der Waals surface area contributed by atoms with Crippen LogP contribution in [0.4, 0.5) is 23.3 Å². The van der Waals surface area contributed by atoms with E-state index in [9.17, 15) is 0 Å². The Morgan fingerprint density at radius 3 is 2.22 bits per heavy atom. The van der Waals surface area contributed by atoms with Gasteiger partial charge in [0.05, 0.1) is 0 Å². The molecule has 2 saturated heterocycles. The molecule has 3 heterocycles. The topological polar surface area (TPSA) is 76.8 Å². The number of likely N-dealkylation sites (N-methyl/N-ethyl adjacent to an activating group) is 1. The van der Waals surface area contributed by atoms with Crippen molar-refractivity contribution in [3.8, 4) is 0 Å². The number of benzene rings is 1. The van der Waals surface area contributed by atoms with Crippen LogP contribution in [0.15, 0.2) is 30.3 Å². The lowest BCUT2D eigenvalue weighted by atomic mass is 10.1. The molecule has 3 N–H and O–H groups in total. The fourth-order valence-corrected chi connectivity index (χ4v) is 5.10. The minimum atomic E-state index is 0.361. The van der Waals surface area contributed by atoms with Gasteiger partial charge in [-0.1, -0.05) is 11.6 Å². The summed E-state index contributed by atoms with van der Waals surface area (Å²) in [6.07, 6.45) is 7.49. The number of halogens is 1. The first-order valence-corrected chi connectivity index (χ1v) is 13.9. The summed E-state index contributed by atoms with van der Waals surface area (Å²) in [7, 11) is 2.11. The highest BCUT2D eigenvalue weighted by atomic mass is 35.5. The number of anilines is 4. The predicted octanol–water partition coefficient (Wildman–Crippen LogP) is 4.20. The van der Waals surface area contributed by atoms with Crippen molar-refractivity contribution >= 4 is 52.2 Å². The Kier molecular flexibility index (Phi) is 9.83. The number of nitrogens with two attached hydrogens (primary N) is 1. The first-order valence-electron chi connectivity index (χ1n) is 13.1. The van der Waals surface area contributed by atoms with Crippen molar-refractivity contribution in [3.63, 3.8) is 0 Å². The molecule has 2 aliphatic rings. The summed E-state index contributed by atoms with van der Waals surface area (Å²) in [5.41, 5.74) is 6.95. The van der Waals surface area contributed by atoms with Gasteiger partial charge < -0.3 is 30.7 Å². The van der Waals surface area contributed by atoms with Crippen molar-refractivity contribution < 1.29 is 0 Å². The molecule has 2 fully saturated rings. The Labute approximate surface area is 225 Å². The van der Waals surface area contributed by atoms with E-state index in [1.54, 1.807) is 0 Å². The van der Waals surface area contributed by atoms with Gasteiger partial charge in [0, 0.05) is 69.1 Å². The lowest BCUT2D eigenvalue weighted by molar-refractivity contribution is 0.357. The zero-order valence-electron chi connectivity index (χ0n) is 21.3. The summed E-state index contributed by atoms with van der Waals surface area (Å²) in [5.74, 6) is 2.82. The summed E-state index contributed by atoms with van der Waals surface area (Å²) in [4.78, 5) is 18.8. The van der Waals surface area contributed by atoms with Gasteiger partial charge in [-0.2, -0.15) is 9.97 Å². The molecule has 196 valence electrons. The van der Waals surface area contributed by atoms with E-state index < -0.39 is 0 Å². The van der Waals surface area contributed by atoms with Crippen LogP contribution in [-0.2, 0) is 0 Å². The predicted molar refractivity (Wildman–Crippen MR) is 156 cm³/mol. The second-order valence-corrected chi connectivity index (χ2v) is 10.6. The largest absolute Gasteiger partial charge is 0.376 e. The molecule has 0 amide bonds. The number of hydrogen-bond donors (Lipinski definition) is 2. The van der Waals surface area contributed by atoms with Crippen molar-refractivity contribution in [2.75, 3.05) is 79.4 Å². The Hall–Kier alpha value is -2.36. The Balaban J connectivity index is 1.34. The van der Waals surface area contributed by atoms with Gasteiger partial charge in [0.25, 0.3) is 0 Å². The Morgan fingerprint density at radius 1 is 0.944 bits per heavy atom. The lowest BCUT2D eigenvalue weighted by Crippen LogP contribution is -2.41. The first-order chi connectivity index (χ1) is 17.5. The normalized spacial score (nSPS) is 16.3. The SMILES string of the molecule is CN(CCNc1cc(N2CCCCC2)nc(N2CCCCC2)n1)CCN(C(N)=S)c1ccc(Cl)cc1. The maximum atomic E-state index is 6.03. The van der Waals surface area contributed by atoms with Gasteiger partial charge in [-0.05, 0) is 82.1 Å². The van der Waals surface area contributed by atoms with Gasteiger partial charge in [0.15, 0.2) is 5.11 Å². The van der Waals surface area contributed by atoms with Crippen LogP contribution in [0.2, 0.25) is 5.02 Å². The number of aromatic nitrogens is 2. The molecule has 0 spiro atoms. The quantitative estimate of drug-likeness (QED) is 0.439. The summed E-state index contributed by atoms with van der Waals surface area (Å²) in [6.45, 7) is 7.42. The fourth-order valence-electron chi connectivity index (χ4n) is 4.78. The zero-order valence-corrected chi connectivity index (χ0v) is 22.9. The van der Waals surface area contributed by atoms with E-state index in [1.807, 2.05) is 29.2 Å². The molecule has 0 saturated carbocycles. The van der Waals surface area contributed by atoms with Crippen LogP contribution in [0, 0.1) is 0 Å². The van der Waals surface area contributed by atoms with Crippen molar-refractivity contribution in [2.24, 2.45) is 5.73 Å². The van der Waals surface area contributed by atoms with Gasteiger partial charge >= 0.3 is 0 Å². The molecule has 10 heteroatoms. The molecular formula is C26H39ClN8S. The third-order valence-corrected chi connectivity index (χ3v) is 7.40. The van der Waals surface area contributed by atoms with Crippen LogP contribution in [0.5, 0.6) is 0 Å². The highest BCUT2D eigenvalue weighted by Gasteiger charge is 2.19. The fraction of sp³-hybridized carbons (Fsp3) is 0.577. The number of thiocarbonyl (C=S) groups is 1. The number of nitrogens with one attached hydrogen (secondary N) is 1. The van der Waals surface area contributed by atoms with Crippen LogP contribution in [-0.4, -0.2) is 79.4 Å². The van der Waals surface area contributed by atoms with Gasteiger partial charge in [0.2, 0.25) is 5.95 Å². The highest BCUT2D eigenvalue weighted by molar-refractivity contribution is 7.80. The average molecular weight is 531 g/mol. The zero-order chi connectivity index (χ0) is 25.3. The van der Waals surface area contributed by atoms with E-state index in [4.69, 9.17) is 39.5 Å². The molecule has 1 aromatic heterocycles. The van der Waals surface area contributed by atoms with Crippen LogP contribution in [0.25, 0.3) is 0 Å². The van der Waals surface area contributed by atoms with Gasteiger partial charge in [0.1, 0.15) is 11.6 Å². The highest BCUT2D eigenvalue weighted by Crippen LogP contribution is 2.25. The van der Waals surface area contributed by atoms with Crippen molar-refractivity contribution in [3.05, 3.63) is 35.4 Å². The van der Waals surface area contributed by atoms with Gasteiger partial charge in [-0.15, -0.1) is 0 Å². The van der Waals surface area contributed by atoms with E-state index in [0.717, 1.165) is 69.1 Å². The van der Waals surface area contributed by atoms with Crippen LogP contribution in [0.3, 0.4) is 0 Å². The third-order valence-electron chi connectivity index (χ3n) is 6.93.